The molecule has 1 aromatic heterocycles. The van der Waals surface area contributed by atoms with Gasteiger partial charge in [-0.15, -0.1) is 0 Å². The van der Waals surface area contributed by atoms with Crippen molar-refractivity contribution in [1.82, 2.24) is 4.90 Å². The first-order chi connectivity index (χ1) is 13.5. The maximum Gasteiger partial charge on any atom is 0.246 e. The third kappa shape index (κ3) is 3.86. The van der Waals surface area contributed by atoms with Gasteiger partial charge in [0.1, 0.15) is 23.1 Å². The number of sulfone groups is 1. The first kappa shape index (κ1) is 19.2. The Morgan fingerprint density at radius 1 is 1.29 bits per heavy atom. The molecule has 4 rings (SSSR count). The number of fused-ring (bicyclic) bond motifs is 1. The fraction of sp³-hybridized carbons (Fsp3) is 0.476. The lowest BCUT2D eigenvalue weighted by Crippen LogP contribution is -3.18. The van der Waals surface area contributed by atoms with Crippen molar-refractivity contribution < 1.29 is 22.5 Å². The van der Waals surface area contributed by atoms with Gasteiger partial charge in [-0.25, -0.2) is 8.42 Å². The van der Waals surface area contributed by atoms with Gasteiger partial charge in [0.25, 0.3) is 0 Å². The van der Waals surface area contributed by atoms with Gasteiger partial charge in [0, 0.05) is 29.9 Å². The van der Waals surface area contributed by atoms with Crippen LogP contribution in [0.1, 0.15) is 24.7 Å². The third-order valence-electron chi connectivity index (χ3n) is 5.95. The Kier molecular flexibility index (Phi) is 5.29. The number of piperazine rings is 1. The van der Waals surface area contributed by atoms with Crippen LogP contribution in [0.15, 0.2) is 34.8 Å². The second-order valence-electron chi connectivity index (χ2n) is 7.71. The van der Waals surface area contributed by atoms with Gasteiger partial charge in [-0.2, -0.15) is 0 Å². The molecular weight excluding hydrogens is 376 g/mol. The van der Waals surface area contributed by atoms with E-state index in [4.69, 9.17) is 4.42 Å². The zero-order valence-electron chi connectivity index (χ0n) is 16.2. The number of hydrogen-bond donors (Lipinski definition) is 1. The predicted octanol–water partition coefficient (Wildman–Crippen LogP) is 0.923. The average molecular weight is 404 g/mol. The van der Waals surface area contributed by atoms with E-state index in [1.165, 1.54) is 4.90 Å². The number of nitrogens with zero attached hydrogens (tertiary/aromatic N) is 1. The number of hydrogen-bond acceptors (Lipinski definition) is 4. The first-order valence-corrected chi connectivity index (χ1v) is 11.8. The molecule has 2 aromatic rings. The summed E-state index contributed by atoms with van der Waals surface area (Å²) < 4.78 is 29.3. The molecule has 1 atom stereocenters. The number of aryl methyl sites for hydroxylation is 1. The summed E-state index contributed by atoms with van der Waals surface area (Å²) in [6, 6.07) is 8.07. The highest BCUT2D eigenvalue weighted by atomic mass is 32.2. The van der Waals surface area contributed by atoms with E-state index in [1.807, 2.05) is 42.2 Å². The van der Waals surface area contributed by atoms with E-state index in [1.54, 1.807) is 6.08 Å². The van der Waals surface area contributed by atoms with Crippen LogP contribution in [0, 0.1) is 0 Å². The summed E-state index contributed by atoms with van der Waals surface area (Å²) >= 11 is 0. The summed E-state index contributed by atoms with van der Waals surface area (Å²) in [6.45, 7) is 5.01. The molecule has 0 unspecified atom stereocenters. The molecule has 0 radical (unpaired) electrons. The number of benzene rings is 1. The van der Waals surface area contributed by atoms with Crippen LogP contribution in [0.25, 0.3) is 17.0 Å². The van der Waals surface area contributed by atoms with Gasteiger partial charge in [-0.3, -0.25) is 4.79 Å². The van der Waals surface area contributed by atoms with Crippen molar-refractivity contribution in [3.8, 4) is 0 Å². The summed E-state index contributed by atoms with van der Waals surface area (Å²) in [5, 5.41) is 1.03. The van der Waals surface area contributed by atoms with Crippen LogP contribution in [0.5, 0.6) is 0 Å². The Balaban J connectivity index is 1.40. The van der Waals surface area contributed by atoms with Crippen LogP contribution in [-0.4, -0.2) is 63.0 Å². The molecule has 1 aromatic carbocycles. The lowest BCUT2D eigenvalue weighted by Gasteiger charge is -2.34. The molecule has 0 saturated carbocycles. The Hall–Kier alpha value is -2.12. The quantitative estimate of drug-likeness (QED) is 0.771. The molecule has 0 spiro atoms. The molecule has 1 N–H and O–H groups in total. The number of furan rings is 1. The van der Waals surface area contributed by atoms with Crippen molar-refractivity contribution in [2.24, 2.45) is 0 Å². The molecule has 0 aliphatic carbocycles. The molecular formula is C21H27N2O4S+. The highest BCUT2D eigenvalue weighted by Gasteiger charge is 2.37. The van der Waals surface area contributed by atoms with Crippen LogP contribution in [0.3, 0.4) is 0 Å². The second kappa shape index (κ2) is 7.72. The maximum absolute atomic E-state index is 12.7. The monoisotopic (exact) mass is 403 g/mol. The molecule has 2 aliphatic heterocycles. The summed E-state index contributed by atoms with van der Waals surface area (Å²) in [5.74, 6) is 1.50. The Labute approximate surface area is 165 Å². The Bertz CT molecular complexity index is 1000. The zero-order valence-corrected chi connectivity index (χ0v) is 17.0. The maximum atomic E-state index is 12.7. The van der Waals surface area contributed by atoms with Crippen molar-refractivity contribution in [2.45, 2.75) is 25.8 Å². The normalized spacial score (nSPS) is 23.0. The van der Waals surface area contributed by atoms with Crippen LogP contribution in [-0.2, 0) is 21.1 Å². The summed E-state index contributed by atoms with van der Waals surface area (Å²) in [6.07, 6.45) is 5.03. The minimum absolute atomic E-state index is 0.00503. The molecule has 150 valence electrons. The van der Waals surface area contributed by atoms with Crippen molar-refractivity contribution in [2.75, 3.05) is 37.7 Å². The molecule has 7 heteroatoms. The van der Waals surface area contributed by atoms with Crippen LogP contribution >= 0.6 is 0 Å². The average Bonchev–Trinajstić information content (AvgIpc) is 3.25. The molecule has 2 fully saturated rings. The van der Waals surface area contributed by atoms with E-state index >= 15 is 0 Å². The van der Waals surface area contributed by atoms with E-state index in [0.29, 0.717) is 24.6 Å². The van der Waals surface area contributed by atoms with Crippen LogP contribution < -0.4 is 4.90 Å². The molecule has 2 aliphatic rings. The number of rotatable bonds is 4. The number of nitrogens with one attached hydrogen (secondary N) is 1. The van der Waals surface area contributed by atoms with Gasteiger partial charge >= 0.3 is 0 Å². The first-order valence-electron chi connectivity index (χ1n) is 9.99. The number of quaternary nitrogens is 1. The van der Waals surface area contributed by atoms with Gasteiger partial charge in [0.2, 0.25) is 5.91 Å². The van der Waals surface area contributed by atoms with Crippen molar-refractivity contribution in [1.29, 1.82) is 0 Å². The summed E-state index contributed by atoms with van der Waals surface area (Å²) in [4.78, 5) is 15.8. The van der Waals surface area contributed by atoms with Crippen molar-refractivity contribution in [3.05, 3.63) is 41.7 Å². The fourth-order valence-electron chi connectivity index (χ4n) is 4.36. The summed E-state index contributed by atoms with van der Waals surface area (Å²) in [5.41, 5.74) is 1.82. The van der Waals surface area contributed by atoms with Gasteiger partial charge in [-0.1, -0.05) is 25.1 Å². The number of amides is 1. The minimum Gasteiger partial charge on any atom is -0.460 e. The van der Waals surface area contributed by atoms with Gasteiger partial charge in [0.15, 0.2) is 9.84 Å². The molecule has 1 amide bonds. The highest BCUT2D eigenvalue weighted by Crippen LogP contribution is 2.27. The molecule has 0 bridgehead atoms. The van der Waals surface area contributed by atoms with E-state index in [0.717, 1.165) is 48.2 Å². The lowest BCUT2D eigenvalue weighted by molar-refractivity contribution is -0.925. The zero-order chi connectivity index (χ0) is 19.7. The smallest absolute Gasteiger partial charge is 0.246 e. The number of carbonyl (C=O) groups excluding carboxylic acids is 1. The predicted molar refractivity (Wildman–Crippen MR) is 109 cm³/mol. The van der Waals surface area contributed by atoms with Crippen LogP contribution in [0.4, 0.5) is 0 Å². The molecule has 2 saturated heterocycles. The van der Waals surface area contributed by atoms with Gasteiger partial charge in [-0.05, 0) is 12.1 Å². The molecule has 28 heavy (non-hydrogen) atoms. The SMILES string of the molecule is CCc1oc2ccccc2c1/C=C/C(=O)N1CC[NH+]([C@H]2CCS(=O)(=O)C2)CC1. The highest BCUT2D eigenvalue weighted by molar-refractivity contribution is 7.91. The topological polar surface area (TPSA) is 72.0 Å². The standard InChI is InChI=1S/C21H26N2O4S/c1-2-19-18(17-5-3-4-6-20(17)27-19)7-8-21(24)23-12-10-22(11-13-23)16-9-14-28(25,26)15-16/h3-8,16H,2,9-15H2,1H3/p+1/b8-7+/t16-/m0/s1. The largest absolute Gasteiger partial charge is 0.460 e. The van der Waals surface area contributed by atoms with Crippen LogP contribution in [0.2, 0.25) is 0 Å². The second-order valence-corrected chi connectivity index (χ2v) is 9.93. The third-order valence-corrected chi connectivity index (χ3v) is 7.72. The Morgan fingerprint density at radius 3 is 2.71 bits per heavy atom. The number of carbonyl (C=O) groups is 1. The fourth-order valence-corrected chi connectivity index (χ4v) is 6.19. The van der Waals surface area contributed by atoms with E-state index < -0.39 is 9.84 Å². The van der Waals surface area contributed by atoms with E-state index in [-0.39, 0.29) is 11.9 Å². The van der Waals surface area contributed by atoms with E-state index in [2.05, 4.69) is 0 Å². The molecule has 6 nitrogen and oxygen atoms in total. The van der Waals surface area contributed by atoms with Crippen molar-refractivity contribution >= 4 is 32.8 Å². The Morgan fingerprint density at radius 2 is 2.04 bits per heavy atom. The summed E-state index contributed by atoms with van der Waals surface area (Å²) in [7, 11) is -2.85. The van der Waals surface area contributed by atoms with Gasteiger partial charge < -0.3 is 14.2 Å². The van der Waals surface area contributed by atoms with Gasteiger partial charge in [0.05, 0.1) is 31.9 Å². The number of para-hydroxylation sites is 1. The minimum atomic E-state index is -2.85. The van der Waals surface area contributed by atoms with E-state index in [9.17, 15) is 13.2 Å². The molecule has 3 heterocycles. The lowest BCUT2D eigenvalue weighted by atomic mass is 10.1. The van der Waals surface area contributed by atoms with Crippen molar-refractivity contribution in [3.63, 3.8) is 0 Å².